The minimum Gasteiger partial charge on any atom is -0.481 e. The van der Waals surface area contributed by atoms with Crippen LogP contribution in [0.2, 0.25) is 0 Å². The number of carbonyl (C=O) groups is 3. The summed E-state index contributed by atoms with van der Waals surface area (Å²) in [4.78, 5) is 35.7. The highest BCUT2D eigenvalue weighted by Gasteiger charge is 2.32. The Morgan fingerprint density at radius 2 is 2.15 bits per heavy atom. The third-order valence-corrected chi connectivity index (χ3v) is 3.06. The second-order valence-electron chi connectivity index (χ2n) is 4.79. The van der Waals surface area contributed by atoms with Crippen molar-refractivity contribution in [1.29, 1.82) is 0 Å². The average Bonchev–Trinajstić information content (AvgIpc) is 2.43. The molecule has 2 unspecified atom stereocenters. The number of urea groups is 1. The first kappa shape index (κ1) is 16.2. The Bertz CT molecular complexity index is 374. The number of carboxylic acids is 1. The van der Waals surface area contributed by atoms with E-state index in [0.29, 0.717) is 13.2 Å². The van der Waals surface area contributed by atoms with Crippen molar-refractivity contribution >= 4 is 17.9 Å². The van der Waals surface area contributed by atoms with Gasteiger partial charge in [0.15, 0.2) is 0 Å². The maximum absolute atomic E-state index is 12.1. The van der Waals surface area contributed by atoms with Crippen molar-refractivity contribution < 1.29 is 24.2 Å². The van der Waals surface area contributed by atoms with Crippen molar-refractivity contribution in [3.8, 4) is 0 Å². The third kappa shape index (κ3) is 4.69. The van der Waals surface area contributed by atoms with E-state index >= 15 is 0 Å². The molecule has 1 rings (SSSR count). The number of likely N-dealkylation sites (N-methyl/N-ethyl adjacent to an activating group) is 1. The SMILES string of the molecule is CNC(=O)C1COCCN1C(=O)NCC(C)CC(=O)O. The van der Waals surface area contributed by atoms with Gasteiger partial charge in [0, 0.05) is 26.6 Å². The standard InChI is InChI=1S/C12H21N3O5/c1-8(5-10(16)17)6-14-12(19)15-3-4-20-7-9(15)11(18)13-2/h8-9H,3-7H2,1-2H3,(H,13,18)(H,14,19)(H,16,17). The van der Waals surface area contributed by atoms with E-state index in [-0.39, 0.29) is 37.4 Å². The molecule has 0 spiro atoms. The molecule has 1 aliphatic heterocycles. The van der Waals surface area contributed by atoms with Crippen LogP contribution in [-0.2, 0) is 14.3 Å². The average molecular weight is 287 g/mol. The van der Waals surface area contributed by atoms with Gasteiger partial charge in [-0.25, -0.2) is 4.79 Å². The number of ether oxygens (including phenoxy) is 1. The van der Waals surface area contributed by atoms with Gasteiger partial charge in [0.25, 0.3) is 0 Å². The Kier molecular flexibility index (Phi) is 6.23. The van der Waals surface area contributed by atoms with Crippen LogP contribution in [-0.4, -0.2) is 67.3 Å². The van der Waals surface area contributed by atoms with Crippen molar-refractivity contribution in [1.82, 2.24) is 15.5 Å². The first-order valence-corrected chi connectivity index (χ1v) is 6.51. The first-order valence-electron chi connectivity index (χ1n) is 6.51. The highest BCUT2D eigenvalue weighted by Crippen LogP contribution is 2.08. The van der Waals surface area contributed by atoms with Crippen molar-refractivity contribution in [3.05, 3.63) is 0 Å². The Balaban J connectivity index is 2.51. The van der Waals surface area contributed by atoms with Crippen LogP contribution in [0, 0.1) is 5.92 Å². The van der Waals surface area contributed by atoms with Crippen LogP contribution in [0.5, 0.6) is 0 Å². The molecule has 8 nitrogen and oxygen atoms in total. The molecule has 1 fully saturated rings. The summed E-state index contributed by atoms with van der Waals surface area (Å²) < 4.78 is 5.20. The zero-order chi connectivity index (χ0) is 15.1. The molecule has 0 saturated carbocycles. The molecular weight excluding hydrogens is 266 g/mol. The van der Waals surface area contributed by atoms with Gasteiger partial charge in [-0.3, -0.25) is 9.59 Å². The van der Waals surface area contributed by atoms with Crippen LogP contribution in [0.25, 0.3) is 0 Å². The molecule has 1 saturated heterocycles. The number of nitrogens with zero attached hydrogens (tertiary/aromatic N) is 1. The van der Waals surface area contributed by atoms with Crippen LogP contribution in [0.4, 0.5) is 4.79 Å². The van der Waals surface area contributed by atoms with E-state index in [0.717, 1.165) is 0 Å². The predicted octanol–water partition coefficient (Wildman–Crippen LogP) is -0.746. The number of nitrogens with one attached hydrogen (secondary N) is 2. The second kappa shape index (κ2) is 7.68. The first-order chi connectivity index (χ1) is 9.45. The van der Waals surface area contributed by atoms with Gasteiger partial charge in [-0.1, -0.05) is 6.92 Å². The second-order valence-corrected chi connectivity index (χ2v) is 4.79. The van der Waals surface area contributed by atoms with Crippen LogP contribution in [0.3, 0.4) is 0 Å². The third-order valence-electron chi connectivity index (χ3n) is 3.06. The summed E-state index contributed by atoms with van der Waals surface area (Å²) in [6.07, 6.45) is -0.0116. The maximum atomic E-state index is 12.1. The number of hydrogen-bond acceptors (Lipinski definition) is 4. The zero-order valence-corrected chi connectivity index (χ0v) is 11.7. The summed E-state index contributed by atoms with van der Waals surface area (Å²) in [5, 5.41) is 13.8. The lowest BCUT2D eigenvalue weighted by atomic mass is 10.1. The van der Waals surface area contributed by atoms with Crippen LogP contribution in [0.15, 0.2) is 0 Å². The van der Waals surface area contributed by atoms with E-state index in [2.05, 4.69) is 10.6 Å². The lowest BCUT2D eigenvalue weighted by molar-refractivity contribution is -0.137. The van der Waals surface area contributed by atoms with Crippen molar-refractivity contribution in [2.24, 2.45) is 5.92 Å². The maximum Gasteiger partial charge on any atom is 0.318 e. The Morgan fingerprint density at radius 1 is 1.45 bits per heavy atom. The van der Waals surface area contributed by atoms with E-state index < -0.39 is 12.0 Å². The summed E-state index contributed by atoms with van der Waals surface area (Å²) in [5.74, 6) is -1.35. The minimum atomic E-state index is -0.902. The summed E-state index contributed by atoms with van der Waals surface area (Å²) in [7, 11) is 1.50. The van der Waals surface area contributed by atoms with Gasteiger partial charge >= 0.3 is 12.0 Å². The quantitative estimate of drug-likeness (QED) is 0.617. The molecule has 114 valence electrons. The van der Waals surface area contributed by atoms with Gasteiger partial charge in [0.1, 0.15) is 6.04 Å². The number of hydrogen-bond donors (Lipinski definition) is 3. The number of carboxylic acid groups (broad SMARTS) is 1. The van der Waals surface area contributed by atoms with Crippen LogP contribution < -0.4 is 10.6 Å². The van der Waals surface area contributed by atoms with Gasteiger partial charge in [-0.15, -0.1) is 0 Å². The normalized spacial score (nSPS) is 20.1. The fraction of sp³-hybridized carbons (Fsp3) is 0.750. The molecule has 0 bridgehead atoms. The molecule has 1 aliphatic rings. The molecule has 0 aromatic heterocycles. The van der Waals surface area contributed by atoms with Gasteiger partial charge in [-0.05, 0) is 5.92 Å². The van der Waals surface area contributed by atoms with Gasteiger partial charge in [0.05, 0.1) is 13.2 Å². The van der Waals surface area contributed by atoms with E-state index in [9.17, 15) is 14.4 Å². The van der Waals surface area contributed by atoms with E-state index in [1.165, 1.54) is 11.9 Å². The number of morpholine rings is 1. The summed E-state index contributed by atoms with van der Waals surface area (Å²) in [5.41, 5.74) is 0. The Labute approximate surface area is 117 Å². The van der Waals surface area contributed by atoms with Gasteiger partial charge in [0.2, 0.25) is 5.91 Å². The number of amides is 3. The van der Waals surface area contributed by atoms with E-state index in [4.69, 9.17) is 9.84 Å². The van der Waals surface area contributed by atoms with Gasteiger partial charge < -0.3 is 25.4 Å². The number of aliphatic carboxylic acids is 1. The molecule has 0 aromatic rings. The van der Waals surface area contributed by atoms with E-state index in [1.807, 2.05) is 0 Å². The Morgan fingerprint density at radius 3 is 2.75 bits per heavy atom. The molecule has 0 aliphatic carbocycles. The number of rotatable bonds is 5. The molecule has 20 heavy (non-hydrogen) atoms. The molecule has 8 heteroatoms. The van der Waals surface area contributed by atoms with Crippen molar-refractivity contribution in [3.63, 3.8) is 0 Å². The fourth-order valence-electron chi connectivity index (χ4n) is 1.96. The van der Waals surface area contributed by atoms with Gasteiger partial charge in [-0.2, -0.15) is 0 Å². The van der Waals surface area contributed by atoms with Crippen molar-refractivity contribution in [2.45, 2.75) is 19.4 Å². The molecule has 0 radical (unpaired) electrons. The Hall–Kier alpha value is -1.83. The van der Waals surface area contributed by atoms with E-state index in [1.54, 1.807) is 6.92 Å². The summed E-state index contributed by atoms with van der Waals surface area (Å²) in [6, 6.07) is -1.03. The zero-order valence-electron chi connectivity index (χ0n) is 11.7. The number of carbonyl (C=O) groups excluding carboxylic acids is 2. The topological polar surface area (TPSA) is 108 Å². The summed E-state index contributed by atoms with van der Waals surface area (Å²) in [6.45, 7) is 2.87. The molecule has 3 N–H and O–H groups in total. The fourth-order valence-corrected chi connectivity index (χ4v) is 1.96. The van der Waals surface area contributed by atoms with Crippen molar-refractivity contribution in [2.75, 3.05) is 33.4 Å². The minimum absolute atomic E-state index is 0.0116. The molecular formula is C12H21N3O5. The smallest absolute Gasteiger partial charge is 0.318 e. The summed E-state index contributed by atoms with van der Waals surface area (Å²) >= 11 is 0. The van der Waals surface area contributed by atoms with Crippen LogP contribution >= 0.6 is 0 Å². The molecule has 0 aromatic carbocycles. The largest absolute Gasteiger partial charge is 0.481 e. The monoisotopic (exact) mass is 287 g/mol. The lowest BCUT2D eigenvalue weighted by Gasteiger charge is -2.34. The van der Waals surface area contributed by atoms with Crippen LogP contribution in [0.1, 0.15) is 13.3 Å². The molecule has 3 amide bonds. The molecule has 1 heterocycles. The lowest BCUT2D eigenvalue weighted by Crippen LogP contribution is -2.58. The highest BCUT2D eigenvalue weighted by molar-refractivity contribution is 5.87. The molecule has 2 atom stereocenters. The predicted molar refractivity (Wildman–Crippen MR) is 70.2 cm³/mol. The highest BCUT2D eigenvalue weighted by atomic mass is 16.5.